The molecule has 31 heteroatoms. The number of nitrogens with zero attached hydrogens (tertiary/aromatic N) is 4. The van der Waals surface area contributed by atoms with Crippen LogP contribution in [0.3, 0.4) is 0 Å². The largest absolute Gasteiger partial charge is 0.497 e. The molecule has 6 N–H and O–H groups in total. The average Bonchev–Trinajstić information content (AvgIpc) is 1.60. The minimum absolute atomic E-state index is 0.00315. The molecule has 2 aliphatic heterocycles. The Labute approximate surface area is 666 Å². The highest BCUT2D eigenvalue weighted by Crippen LogP contribution is 2.71. The van der Waals surface area contributed by atoms with Crippen LogP contribution in [-0.4, -0.2) is 174 Å². The molecule has 5 saturated carbocycles. The van der Waals surface area contributed by atoms with Gasteiger partial charge in [-0.3, -0.25) is 28.3 Å². The molecular weight excluding hydrogens is 1520 g/mol. The smallest absolute Gasteiger partial charge is 0.408 e. The summed E-state index contributed by atoms with van der Waals surface area (Å²) in [5.41, 5.74) is 2.64. The van der Waals surface area contributed by atoms with Gasteiger partial charge in [-0.2, -0.15) is 0 Å². The van der Waals surface area contributed by atoms with Crippen LogP contribution in [0.5, 0.6) is 23.0 Å². The van der Waals surface area contributed by atoms with Gasteiger partial charge < -0.3 is 73.4 Å². The van der Waals surface area contributed by atoms with Crippen LogP contribution in [0.4, 0.5) is 9.59 Å². The van der Waals surface area contributed by atoms with Gasteiger partial charge in [-0.1, -0.05) is 114 Å². The Bertz CT molecular complexity index is 4800. The maximum Gasteiger partial charge on any atom is 0.408 e. The Balaban J connectivity index is 0.000000212. The second-order valence-electron chi connectivity index (χ2n) is 32.6. The summed E-state index contributed by atoms with van der Waals surface area (Å²) in [6, 6.07) is 29.3. The number of aromatic nitrogens is 2. The summed E-state index contributed by atoms with van der Waals surface area (Å²) < 4.78 is 104. The number of benzene rings is 4. The summed E-state index contributed by atoms with van der Waals surface area (Å²) in [4.78, 5) is 109. The number of alkyl carbamates (subject to hydrolysis) is 2. The van der Waals surface area contributed by atoms with Crippen LogP contribution in [0.1, 0.15) is 145 Å². The van der Waals surface area contributed by atoms with E-state index in [0.717, 1.165) is 62.5 Å². The molecule has 0 bridgehead atoms. The van der Waals surface area contributed by atoms with Crippen molar-refractivity contribution in [3.63, 3.8) is 0 Å². The lowest BCUT2D eigenvalue weighted by atomic mass is 9.85. The van der Waals surface area contributed by atoms with Crippen molar-refractivity contribution < 1.29 is 88.7 Å². The topological polar surface area (TPSA) is 357 Å². The predicted molar refractivity (Wildman–Crippen MR) is 431 cm³/mol. The average molecular weight is 1630 g/mol. The Hall–Kier alpha value is -8.95. The number of ether oxygens (including phenoxy) is 6. The lowest BCUT2D eigenvalue weighted by molar-refractivity contribution is -0.142. The molecule has 0 radical (unpaired) electrons. The number of amides is 6. The monoisotopic (exact) mass is 1630 g/mol. The van der Waals surface area contributed by atoms with E-state index in [0.29, 0.717) is 69.0 Å². The van der Waals surface area contributed by atoms with Crippen LogP contribution in [-0.2, 0) is 56.9 Å². The summed E-state index contributed by atoms with van der Waals surface area (Å²) in [5, 5.41) is 8.79. The molecule has 4 aromatic carbocycles. The van der Waals surface area contributed by atoms with Gasteiger partial charge in [0, 0.05) is 70.8 Å². The predicted octanol–water partition coefficient (Wildman–Crippen LogP) is 13.3. The third kappa shape index (κ3) is 18.6. The summed E-state index contributed by atoms with van der Waals surface area (Å²) in [7, 11) is -9.56. The Morgan fingerprint density at radius 1 is 0.579 bits per heavy atom. The summed E-state index contributed by atoms with van der Waals surface area (Å²) in [5.74, 6) is -1.29. The van der Waals surface area contributed by atoms with E-state index in [1.807, 2.05) is 133 Å². The third-order valence-corrected chi connectivity index (χ3v) is 30.2. The SMILES string of the molecule is C=C[C@@H]1C[C@]1(NC(=O)[C@@H]1C[C@@H](Oc2cc(-c3ccccc3)nc3cc(OC)ccc23)CN1C(=O)[C@@H](NC(=O)OC1CCCC1)C(C)(C)C)P(=O)(NS(=O)(=O)C1CC1)OCC.C=C[C@@H]1C[C@]1(NC(=O)[C@@H]1C[C@@H](Oc2cc(-c3ccccc3)nc3cc(OC)ccc23)CN1C(=O)[C@@H](NC(=O)OC1CCCC1)C(C)(C)C)P(=O)(O)OCC. The first kappa shape index (κ1) is 84.4. The van der Waals surface area contributed by atoms with E-state index in [2.05, 4.69) is 38.9 Å². The Kier molecular flexibility index (Phi) is 25.5. The van der Waals surface area contributed by atoms with Crippen molar-refractivity contribution in [3.8, 4) is 45.5 Å². The second-order valence-corrected chi connectivity index (χ2v) is 39.4. The van der Waals surface area contributed by atoms with Crippen molar-refractivity contribution >= 4 is 82.8 Å². The van der Waals surface area contributed by atoms with Crippen LogP contribution in [0.25, 0.3) is 44.3 Å². The Morgan fingerprint density at radius 3 is 1.35 bits per heavy atom. The zero-order valence-electron chi connectivity index (χ0n) is 66.4. The molecule has 0 spiro atoms. The molecule has 2 aromatic heterocycles. The summed E-state index contributed by atoms with van der Waals surface area (Å²) in [6.45, 7) is 21.6. The minimum atomic E-state index is -4.34. The van der Waals surface area contributed by atoms with E-state index in [9.17, 15) is 51.2 Å². The highest BCUT2D eigenvalue weighted by atomic mass is 32.2. The van der Waals surface area contributed by atoms with Gasteiger partial charge in [0.25, 0.3) is 0 Å². The molecule has 2 unspecified atom stereocenters. The normalized spacial score (nSPS) is 24.5. The number of methoxy groups -OCH3 is 2. The molecule has 614 valence electrons. The van der Waals surface area contributed by atoms with Crippen molar-refractivity contribution in [3.05, 3.63) is 135 Å². The lowest BCUT2D eigenvalue weighted by Gasteiger charge is -2.36. The van der Waals surface area contributed by atoms with Gasteiger partial charge in [0.05, 0.1) is 68.2 Å². The van der Waals surface area contributed by atoms with Crippen molar-refractivity contribution in [2.75, 3.05) is 40.5 Å². The molecule has 114 heavy (non-hydrogen) atoms. The third-order valence-electron chi connectivity index (χ3n) is 22.4. The van der Waals surface area contributed by atoms with E-state index < -0.39 is 136 Å². The summed E-state index contributed by atoms with van der Waals surface area (Å²) >= 11 is 0. The first-order valence-corrected chi connectivity index (χ1v) is 44.1. The molecule has 5 aliphatic carbocycles. The maximum atomic E-state index is 14.9. The van der Waals surface area contributed by atoms with Gasteiger partial charge >= 0.3 is 27.3 Å². The zero-order chi connectivity index (χ0) is 81.9. The first-order valence-electron chi connectivity index (χ1n) is 39.3. The van der Waals surface area contributed by atoms with E-state index in [-0.39, 0.29) is 64.2 Å². The van der Waals surface area contributed by atoms with Crippen LogP contribution < -0.4 is 44.7 Å². The van der Waals surface area contributed by atoms with Gasteiger partial charge in [0.15, 0.2) is 0 Å². The molecule has 6 aromatic rings. The van der Waals surface area contributed by atoms with Crippen LogP contribution >= 0.6 is 15.1 Å². The number of fused-ring (bicyclic) bond motifs is 2. The van der Waals surface area contributed by atoms with Crippen LogP contribution in [0, 0.1) is 22.7 Å². The molecule has 12 atom stereocenters. The zero-order valence-corrected chi connectivity index (χ0v) is 69.0. The molecule has 2 saturated heterocycles. The number of rotatable bonds is 29. The molecule has 7 aliphatic rings. The number of nitrogens with one attached hydrogen (secondary N) is 5. The van der Waals surface area contributed by atoms with Gasteiger partial charge in [0.1, 0.15) is 82.1 Å². The highest BCUT2D eigenvalue weighted by Gasteiger charge is 2.70. The molecule has 28 nitrogen and oxygen atoms in total. The second kappa shape index (κ2) is 34.5. The van der Waals surface area contributed by atoms with Crippen molar-refractivity contribution in [1.29, 1.82) is 0 Å². The molecule has 7 fully saturated rings. The number of pyridine rings is 2. The maximum absolute atomic E-state index is 14.9. The lowest BCUT2D eigenvalue weighted by Crippen LogP contribution is -2.59. The highest BCUT2D eigenvalue weighted by molar-refractivity contribution is 7.96. The van der Waals surface area contributed by atoms with Crippen molar-refractivity contribution in [1.82, 2.24) is 45.5 Å². The van der Waals surface area contributed by atoms with Crippen molar-refractivity contribution in [2.24, 2.45) is 22.7 Å². The molecule has 13 rings (SSSR count). The van der Waals surface area contributed by atoms with Gasteiger partial charge in [0.2, 0.25) is 33.7 Å². The number of carbonyl (C=O) groups excluding carboxylic acids is 6. The summed E-state index contributed by atoms with van der Waals surface area (Å²) in [6.07, 6.45) is 7.75. The fraction of sp³-hybridized carbons (Fsp3) is 0.518. The fourth-order valence-electron chi connectivity index (χ4n) is 15.8. The van der Waals surface area contributed by atoms with Gasteiger partial charge in [-0.25, -0.2) is 28.0 Å². The number of hydrogen-bond donors (Lipinski definition) is 6. The number of carbonyl (C=O) groups is 6. The minimum Gasteiger partial charge on any atom is -0.497 e. The number of sulfonamides is 1. The number of likely N-dealkylation sites (tertiary alicyclic amines) is 2. The van der Waals surface area contributed by atoms with E-state index in [4.69, 9.17) is 47.4 Å². The quantitative estimate of drug-likeness (QED) is 0.0188. The van der Waals surface area contributed by atoms with E-state index in [1.54, 1.807) is 46.3 Å². The number of hydrogen-bond acceptors (Lipinski definition) is 20. The standard InChI is InChI=1S/C43H56N5O10PS.C40H51N4O9P/c1-7-28-25-43(28,59(52,56-8-2)47-60(53,54)32-19-20-32)46-39(49)36-23-31(26-48(36)40(50)38(42(3,4)5)45-41(51)58-29-16-12-13-17-29)57-37-24-34(27-14-10-9-11-15-27)44-35-22-30(55-6)18-21-33(35)37;1-7-26-23-40(26,54(48,49)51-8-2)43-36(45)33-21-29(24-44(33)37(46)35(39(3,4)5)42-38(47)53-27-16-12-13-17-27)52-34-22-31(25-14-10-9-11-15-25)41-32-20-28(50-6)18-19-30(32)34/h7,9-11,14-15,18,21-22,24,28-29,31-32,36,38H,1,8,12-13,16-17,19-20,23,25-26H2,2-6H3,(H,45,51)(H,46,49)(H,47,52);7,9-11,14-15,18-20,22,26-27,29,33,35H,1,8,12-13,16-17,21,23-24H2,2-6H3,(H,42,47)(H,43,45)(H,48,49)/t28-,31-,36+,38-,43+,59?;26-,29-,33+,35-,40+/m11/s1. The van der Waals surface area contributed by atoms with E-state index in [1.165, 1.54) is 22.0 Å². The van der Waals surface area contributed by atoms with Gasteiger partial charge in [-0.05, 0) is 126 Å². The van der Waals surface area contributed by atoms with Crippen LogP contribution in [0.15, 0.2) is 135 Å². The molecule has 4 heterocycles. The fourth-order valence-corrected chi connectivity index (χ4v) is 23.0. The van der Waals surface area contributed by atoms with E-state index >= 15 is 0 Å². The van der Waals surface area contributed by atoms with Crippen LogP contribution in [0.2, 0.25) is 0 Å². The Morgan fingerprint density at radius 2 is 0.982 bits per heavy atom. The van der Waals surface area contributed by atoms with Gasteiger partial charge in [-0.15, -0.1) is 17.7 Å². The van der Waals surface area contributed by atoms with Crippen molar-refractivity contribution in [2.45, 2.75) is 210 Å². The first-order chi connectivity index (χ1) is 54.2. The molecular formula is C83H107N9O19P2S. The molecule has 6 amide bonds.